The zero-order valence-electron chi connectivity index (χ0n) is 11.8. The Hall–Kier alpha value is -0.160. The molecule has 1 rings (SSSR count). The molecule has 4 nitrogen and oxygen atoms in total. The molecule has 1 fully saturated rings. The Labute approximate surface area is 106 Å². The molecule has 0 radical (unpaired) electrons. The fourth-order valence-corrected chi connectivity index (χ4v) is 2.66. The normalized spacial score (nSPS) is 23.3. The standard InChI is InChI=1S/C13H29N3O/c1-10(2)13(14)12(9-17)16-7-5-11(6-8-16)15(3)4/h10-13,17H,5-9,14H2,1-4H3. The van der Waals surface area contributed by atoms with Gasteiger partial charge in [-0.3, -0.25) is 4.90 Å². The van der Waals surface area contributed by atoms with E-state index < -0.39 is 0 Å². The summed E-state index contributed by atoms with van der Waals surface area (Å²) in [4.78, 5) is 4.67. The minimum absolute atomic E-state index is 0.0657. The third-order valence-electron chi connectivity index (χ3n) is 4.10. The lowest BCUT2D eigenvalue weighted by Crippen LogP contribution is -2.56. The third kappa shape index (κ3) is 3.91. The number of piperidine rings is 1. The Bertz CT molecular complexity index is 213. The molecule has 0 amide bonds. The molecule has 0 saturated carbocycles. The topological polar surface area (TPSA) is 52.7 Å². The fraction of sp³-hybridized carbons (Fsp3) is 1.00. The van der Waals surface area contributed by atoms with Crippen LogP contribution in [0, 0.1) is 5.92 Å². The number of aliphatic hydroxyl groups excluding tert-OH is 1. The van der Waals surface area contributed by atoms with Crippen molar-refractivity contribution in [3.8, 4) is 0 Å². The number of nitrogens with zero attached hydrogens (tertiary/aromatic N) is 2. The van der Waals surface area contributed by atoms with Crippen LogP contribution >= 0.6 is 0 Å². The van der Waals surface area contributed by atoms with Crippen molar-refractivity contribution in [1.29, 1.82) is 0 Å². The van der Waals surface area contributed by atoms with Crippen molar-refractivity contribution >= 4 is 0 Å². The average Bonchev–Trinajstić information content (AvgIpc) is 2.30. The van der Waals surface area contributed by atoms with Gasteiger partial charge in [0.1, 0.15) is 0 Å². The molecule has 1 aliphatic rings. The van der Waals surface area contributed by atoms with Crippen LogP contribution in [-0.2, 0) is 0 Å². The first-order chi connectivity index (χ1) is 7.97. The van der Waals surface area contributed by atoms with Crippen molar-refractivity contribution in [1.82, 2.24) is 9.80 Å². The number of hydrogen-bond donors (Lipinski definition) is 2. The highest BCUT2D eigenvalue weighted by molar-refractivity contribution is 4.88. The van der Waals surface area contributed by atoms with Crippen LogP contribution in [0.15, 0.2) is 0 Å². The van der Waals surface area contributed by atoms with E-state index in [9.17, 15) is 5.11 Å². The first-order valence-electron chi connectivity index (χ1n) is 6.74. The van der Waals surface area contributed by atoms with Gasteiger partial charge < -0.3 is 15.7 Å². The second-order valence-electron chi connectivity index (χ2n) is 5.80. The molecular weight excluding hydrogens is 214 g/mol. The molecule has 17 heavy (non-hydrogen) atoms. The molecule has 2 unspecified atom stereocenters. The molecule has 2 atom stereocenters. The van der Waals surface area contributed by atoms with Crippen LogP contribution in [0.3, 0.4) is 0 Å². The predicted molar refractivity (Wildman–Crippen MR) is 72.0 cm³/mol. The molecule has 0 spiro atoms. The zero-order valence-corrected chi connectivity index (χ0v) is 11.8. The van der Waals surface area contributed by atoms with Gasteiger partial charge in [-0.05, 0) is 32.9 Å². The molecule has 0 aromatic carbocycles. The van der Waals surface area contributed by atoms with Gasteiger partial charge in [-0.15, -0.1) is 0 Å². The Balaban J connectivity index is 2.50. The van der Waals surface area contributed by atoms with Crippen LogP contribution in [0.5, 0.6) is 0 Å². The van der Waals surface area contributed by atoms with Crippen LogP contribution in [0.1, 0.15) is 26.7 Å². The highest BCUT2D eigenvalue weighted by Crippen LogP contribution is 2.19. The van der Waals surface area contributed by atoms with Gasteiger partial charge in [0.2, 0.25) is 0 Å². The third-order valence-corrected chi connectivity index (χ3v) is 4.10. The summed E-state index contributed by atoms with van der Waals surface area (Å²) in [5.41, 5.74) is 6.18. The molecule has 0 aliphatic carbocycles. The van der Waals surface area contributed by atoms with Crippen molar-refractivity contribution in [2.75, 3.05) is 33.8 Å². The second kappa shape index (κ2) is 6.69. The maximum atomic E-state index is 9.54. The van der Waals surface area contributed by atoms with E-state index in [0.29, 0.717) is 12.0 Å². The van der Waals surface area contributed by atoms with Gasteiger partial charge in [-0.2, -0.15) is 0 Å². The van der Waals surface area contributed by atoms with Gasteiger partial charge in [-0.25, -0.2) is 0 Å². The van der Waals surface area contributed by atoms with Crippen molar-refractivity contribution in [3.05, 3.63) is 0 Å². The van der Waals surface area contributed by atoms with Crippen molar-refractivity contribution in [2.45, 2.75) is 44.8 Å². The molecule has 0 bridgehead atoms. The van der Waals surface area contributed by atoms with Crippen LogP contribution in [0.4, 0.5) is 0 Å². The molecule has 0 aromatic rings. The van der Waals surface area contributed by atoms with Gasteiger partial charge >= 0.3 is 0 Å². The molecule has 1 saturated heterocycles. The number of nitrogens with two attached hydrogens (primary N) is 1. The van der Waals surface area contributed by atoms with Crippen LogP contribution in [-0.4, -0.2) is 66.8 Å². The molecule has 0 aromatic heterocycles. The monoisotopic (exact) mass is 243 g/mol. The van der Waals surface area contributed by atoms with Crippen LogP contribution in [0.2, 0.25) is 0 Å². The SMILES string of the molecule is CC(C)C(N)C(CO)N1CCC(N(C)C)CC1. The van der Waals surface area contributed by atoms with E-state index in [1.165, 1.54) is 12.8 Å². The number of likely N-dealkylation sites (tertiary alicyclic amines) is 1. The minimum atomic E-state index is 0.0657. The van der Waals surface area contributed by atoms with Gasteiger partial charge in [0.25, 0.3) is 0 Å². The van der Waals surface area contributed by atoms with Gasteiger partial charge in [0, 0.05) is 31.2 Å². The lowest BCUT2D eigenvalue weighted by molar-refractivity contribution is 0.0534. The van der Waals surface area contributed by atoms with Crippen molar-refractivity contribution in [2.24, 2.45) is 11.7 Å². The van der Waals surface area contributed by atoms with E-state index in [1.54, 1.807) is 0 Å². The molecule has 1 heterocycles. The van der Waals surface area contributed by atoms with Crippen LogP contribution in [0.25, 0.3) is 0 Å². The number of hydrogen-bond acceptors (Lipinski definition) is 4. The maximum Gasteiger partial charge on any atom is 0.0602 e. The zero-order chi connectivity index (χ0) is 13.0. The van der Waals surface area contributed by atoms with E-state index >= 15 is 0 Å². The highest BCUT2D eigenvalue weighted by Gasteiger charge is 2.30. The largest absolute Gasteiger partial charge is 0.395 e. The summed E-state index contributed by atoms with van der Waals surface area (Å²) in [5.74, 6) is 0.415. The summed E-state index contributed by atoms with van der Waals surface area (Å²) >= 11 is 0. The van der Waals surface area contributed by atoms with Crippen LogP contribution < -0.4 is 5.73 Å². The summed E-state index contributed by atoms with van der Waals surface area (Å²) in [5, 5.41) is 9.54. The maximum absolute atomic E-state index is 9.54. The smallest absolute Gasteiger partial charge is 0.0602 e. The molecular formula is C13H29N3O. The molecule has 3 N–H and O–H groups in total. The van der Waals surface area contributed by atoms with E-state index in [4.69, 9.17) is 5.73 Å². The first-order valence-corrected chi connectivity index (χ1v) is 6.74. The first kappa shape index (κ1) is 14.9. The van der Waals surface area contributed by atoms with Gasteiger partial charge in [0.05, 0.1) is 6.61 Å². The molecule has 4 heteroatoms. The number of rotatable bonds is 5. The summed E-state index contributed by atoms with van der Waals surface area (Å²) < 4.78 is 0. The summed E-state index contributed by atoms with van der Waals surface area (Å²) in [6.07, 6.45) is 2.35. The van der Waals surface area contributed by atoms with Crippen molar-refractivity contribution in [3.63, 3.8) is 0 Å². The molecule has 1 aliphatic heterocycles. The van der Waals surface area contributed by atoms with E-state index in [-0.39, 0.29) is 18.7 Å². The number of aliphatic hydroxyl groups is 1. The lowest BCUT2D eigenvalue weighted by atomic mass is 9.94. The Morgan fingerprint density at radius 2 is 1.82 bits per heavy atom. The lowest BCUT2D eigenvalue weighted by Gasteiger charge is -2.41. The van der Waals surface area contributed by atoms with E-state index in [0.717, 1.165) is 13.1 Å². The Morgan fingerprint density at radius 3 is 2.18 bits per heavy atom. The minimum Gasteiger partial charge on any atom is -0.395 e. The Morgan fingerprint density at radius 1 is 1.29 bits per heavy atom. The quantitative estimate of drug-likeness (QED) is 0.732. The van der Waals surface area contributed by atoms with Gasteiger partial charge in [-0.1, -0.05) is 13.8 Å². The predicted octanol–water partition coefficient (Wildman–Crippen LogP) is 0.357. The van der Waals surface area contributed by atoms with Crippen molar-refractivity contribution < 1.29 is 5.11 Å². The fourth-order valence-electron chi connectivity index (χ4n) is 2.66. The Kier molecular flexibility index (Phi) is 5.86. The van der Waals surface area contributed by atoms with E-state index in [2.05, 4.69) is 37.7 Å². The van der Waals surface area contributed by atoms with Gasteiger partial charge in [0.15, 0.2) is 0 Å². The molecule has 102 valence electrons. The summed E-state index contributed by atoms with van der Waals surface area (Å²) in [6.45, 7) is 6.52. The summed E-state index contributed by atoms with van der Waals surface area (Å²) in [7, 11) is 4.29. The average molecular weight is 243 g/mol. The highest BCUT2D eigenvalue weighted by atomic mass is 16.3. The summed E-state index contributed by atoms with van der Waals surface area (Å²) in [6, 6.07) is 0.870. The second-order valence-corrected chi connectivity index (χ2v) is 5.80. The van der Waals surface area contributed by atoms with E-state index in [1.807, 2.05) is 0 Å².